The highest BCUT2D eigenvalue weighted by Gasteiger charge is 2.27. The summed E-state index contributed by atoms with van der Waals surface area (Å²) in [6, 6.07) is 11.3. The summed E-state index contributed by atoms with van der Waals surface area (Å²) in [7, 11) is 1.84. The van der Waals surface area contributed by atoms with Crippen LogP contribution in [0.15, 0.2) is 47.1 Å². The number of aromatic amines is 1. The third-order valence-electron chi connectivity index (χ3n) is 6.36. The number of hydrogen-bond acceptors (Lipinski definition) is 7. The Morgan fingerprint density at radius 3 is 3.03 bits per heavy atom. The number of piperidine rings is 1. The fourth-order valence-electron chi connectivity index (χ4n) is 4.44. The van der Waals surface area contributed by atoms with Gasteiger partial charge in [0, 0.05) is 55.1 Å². The second-order valence-electron chi connectivity index (χ2n) is 8.98. The summed E-state index contributed by atoms with van der Waals surface area (Å²) in [6.07, 6.45) is 3.60. The van der Waals surface area contributed by atoms with Gasteiger partial charge in [0.15, 0.2) is 5.82 Å². The van der Waals surface area contributed by atoms with Gasteiger partial charge >= 0.3 is 6.03 Å². The number of nitrogens with zero attached hydrogens (tertiary/aromatic N) is 5. The number of nitrogens with one attached hydrogen (secondary N) is 2. The van der Waals surface area contributed by atoms with E-state index in [1.165, 1.54) is 0 Å². The number of amides is 2. The van der Waals surface area contributed by atoms with E-state index in [1.54, 1.807) is 11.1 Å². The Bertz CT molecular complexity index is 1340. The smallest absolute Gasteiger partial charge is 0.317 e. The molecule has 1 fully saturated rings. The van der Waals surface area contributed by atoms with Gasteiger partial charge in [-0.3, -0.25) is 0 Å². The lowest BCUT2D eigenvalue weighted by molar-refractivity contribution is 0.182. The van der Waals surface area contributed by atoms with E-state index in [0.717, 1.165) is 54.1 Å². The number of rotatable bonds is 7. The largest absolute Gasteiger partial charge is 0.486 e. The van der Waals surface area contributed by atoms with Crippen LogP contribution in [0, 0.1) is 6.92 Å². The van der Waals surface area contributed by atoms with E-state index in [1.807, 2.05) is 50.4 Å². The number of aryl methyl sites for hydroxylation is 1. The molecule has 0 saturated carbocycles. The van der Waals surface area contributed by atoms with Gasteiger partial charge in [-0.2, -0.15) is 5.10 Å². The Hall–Kier alpha value is -3.79. The van der Waals surface area contributed by atoms with E-state index in [2.05, 4.69) is 30.6 Å². The molecule has 0 bridgehead atoms. The van der Waals surface area contributed by atoms with Crippen molar-refractivity contribution in [1.29, 1.82) is 0 Å². The summed E-state index contributed by atoms with van der Waals surface area (Å²) in [5.41, 5.74) is 2.44. The molecule has 1 unspecified atom stereocenters. The molecule has 11 heteroatoms. The molecule has 4 heterocycles. The Labute approximate surface area is 213 Å². The van der Waals surface area contributed by atoms with Crippen LogP contribution >= 0.6 is 11.6 Å². The van der Waals surface area contributed by atoms with E-state index in [4.69, 9.17) is 20.9 Å². The zero-order valence-electron chi connectivity index (χ0n) is 20.2. The second-order valence-corrected chi connectivity index (χ2v) is 9.38. The summed E-state index contributed by atoms with van der Waals surface area (Å²) < 4.78 is 10.9. The highest BCUT2D eigenvalue weighted by atomic mass is 35.5. The van der Waals surface area contributed by atoms with Gasteiger partial charge in [0.2, 0.25) is 0 Å². The first-order valence-electron chi connectivity index (χ1n) is 11.9. The number of ether oxygens (including phenoxy) is 1. The molecule has 5 rings (SSSR count). The number of hydrogen-bond donors (Lipinski definition) is 2. The van der Waals surface area contributed by atoms with Crippen LogP contribution in [0.2, 0.25) is 5.02 Å². The van der Waals surface area contributed by atoms with Gasteiger partial charge in [-0.05, 0) is 44.0 Å². The molecule has 3 aromatic heterocycles. The maximum atomic E-state index is 12.9. The molecule has 0 radical (unpaired) electrons. The Kier molecular flexibility index (Phi) is 6.95. The summed E-state index contributed by atoms with van der Waals surface area (Å²) in [4.78, 5) is 20.2. The highest BCUT2D eigenvalue weighted by molar-refractivity contribution is 6.32. The number of halogens is 1. The predicted molar refractivity (Wildman–Crippen MR) is 136 cm³/mol. The number of benzene rings is 1. The lowest BCUT2D eigenvalue weighted by atomic mass is 10.0. The number of likely N-dealkylation sites (N-methyl/N-ethyl adjacent to an activating group) is 1. The number of H-pyrrole nitrogens is 1. The normalized spacial score (nSPS) is 15.8. The number of aromatic nitrogens is 4. The van der Waals surface area contributed by atoms with Crippen molar-refractivity contribution < 1.29 is 14.1 Å². The Balaban J connectivity index is 1.18. The van der Waals surface area contributed by atoms with Crippen molar-refractivity contribution in [2.24, 2.45) is 0 Å². The molecule has 0 spiro atoms. The Morgan fingerprint density at radius 1 is 1.36 bits per heavy atom. The van der Waals surface area contributed by atoms with Crippen molar-refractivity contribution in [2.45, 2.75) is 39.0 Å². The van der Waals surface area contributed by atoms with Crippen LogP contribution in [0.25, 0.3) is 10.9 Å². The van der Waals surface area contributed by atoms with Gasteiger partial charge < -0.3 is 29.4 Å². The molecule has 1 aliphatic heterocycles. The molecule has 1 aromatic carbocycles. The third kappa shape index (κ3) is 5.38. The van der Waals surface area contributed by atoms with Gasteiger partial charge in [-0.1, -0.05) is 16.8 Å². The van der Waals surface area contributed by atoms with Crippen molar-refractivity contribution in [1.82, 2.24) is 30.6 Å². The topological polar surface area (TPSA) is 112 Å². The van der Waals surface area contributed by atoms with Crippen LogP contribution in [-0.4, -0.2) is 57.4 Å². The number of fused-ring (bicyclic) bond motifs is 1. The number of urea groups is 1. The molecule has 0 aliphatic carbocycles. The summed E-state index contributed by atoms with van der Waals surface area (Å²) in [5, 5.41) is 16.6. The van der Waals surface area contributed by atoms with Gasteiger partial charge in [0.1, 0.15) is 23.8 Å². The van der Waals surface area contributed by atoms with E-state index in [0.29, 0.717) is 23.0 Å². The molecule has 188 valence electrons. The second kappa shape index (κ2) is 10.4. The summed E-state index contributed by atoms with van der Waals surface area (Å²) in [5.74, 6) is 2.11. The van der Waals surface area contributed by atoms with Crippen molar-refractivity contribution in [3.63, 3.8) is 0 Å². The van der Waals surface area contributed by atoms with Crippen molar-refractivity contribution in [2.75, 3.05) is 25.0 Å². The van der Waals surface area contributed by atoms with Crippen LogP contribution in [-0.2, 0) is 13.2 Å². The maximum Gasteiger partial charge on any atom is 0.317 e. The average Bonchev–Trinajstić information content (AvgIpc) is 3.50. The minimum atomic E-state index is -0.121. The van der Waals surface area contributed by atoms with Crippen LogP contribution < -0.4 is 15.0 Å². The quantitative estimate of drug-likeness (QED) is 0.382. The molecule has 10 nitrogen and oxygen atoms in total. The first-order chi connectivity index (χ1) is 17.5. The molecule has 2 amide bonds. The monoisotopic (exact) mass is 509 g/mol. The van der Waals surface area contributed by atoms with E-state index in [-0.39, 0.29) is 18.7 Å². The van der Waals surface area contributed by atoms with Crippen molar-refractivity contribution in [3.8, 4) is 5.75 Å². The zero-order valence-corrected chi connectivity index (χ0v) is 21.0. The van der Waals surface area contributed by atoms with Gasteiger partial charge in [-0.25, -0.2) is 4.79 Å². The molecule has 4 aromatic rings. The SMILES string of the molecule is Cc1cc(COc2cc3[nH]c(CNC(=O)N(C)C4CCCN(c5cccnn5)C4)cc3cc2Cl)no1. The molecular formula is C25H28ClN7O3. The summed E-state index contributed by atoms with van der Waals surface area (Å²) in [6.45, 7) is 4.09. The molecular weight excluding hydrogens is 482 g/mol. The molecule has 1 aliphatic rings. The van der Waals surface area contributed by atoms with Crippen molar-refractivity contribution >= 4 is 34.4 Å². The lowest BCUT2D eigenvalue weighted by Gasteiger charge is -2.37. The maximum absolute atomic E-state index is 12.9. The summed E-state index contributed by atoms with van der Waals surface area (Å²) >= 11 is 6.42. The fourth-order valence-corrected chi connectivity index (χ4v) is 4.67. The molecule has 2 N–H and O–H groups in total. The van der Waals surface area contributed by atoms with Gasteiger partial charge in [0.05, 0.1) is 17.6 Å². The van der Waals surface area contributed by atoms with Gasteiger partial charge in [0.25, 0.3) is 0 Å². The van der Waals surface area contributed by atoms with E-state index >= 15 is 0 Å². The molecule has 1 saturated heterocycles. The first kappa shape index (κ1) is 23.9. The lowest BCUT2D eigenvalue weighted by Crippen LogP contribution is -2.51. The molecule has 36 heavy (non-hydrogen) atoms. The highest BCUT2D eigenvalue weighted by Crippen LogP contribution is 2.31. The Morgan fingerprint density at radius 2 is 2.25 bits per heavy atom. The zero-order chi connectivity index (χ0) is 25.1. The van der Waals surface area contributed by atoms with E-state index in [9.17, 15) is 4.79 Å². The number of anilines is 1. The standard InChI is InChI=1S/C25H28ClN7O3/c1-16-9-19(31-36-16)15-35-23-12-22-17(11-21(23)26)10-18(29-22)13-27-25(34)32(2)20-5-4-8-33(14-20)24-6-3-7-28-30-24/h3,6-7,9-12,20,29H,4-5,8,13-15H2,1-2H3,(H,27,34). The van der Waals surface area contributed by atoms with Crippen LogP contribution in [0.4, 0.5) is 10.6 Å². The van der Waals surface area contributed by atoms with E-state index < -0.39 is 0 Å². The van der Waals surface area contributed by atoms with Crippen LogP contribution in [0.3, 0.4) is 0 Å². The minimum absolute atomic E-state index is 0.0930. The number of carbonyl (C=O) groups is 1. The van der Waals surface area contributed by atoms with Gasteiger partial charge in [-0.15, -0.1) is 5.10 Å². The third-order valence-corrected chi connectivity index (χ3v) is 6.65. The van der Waals surface area contributed by atoms with Crippen LogP contribution in [0.5, 0.6) is 5.75 Å². The first-order valence-corrected chi connectivity index (χ1v) is 12.2. The van der Waals surface area contributed by atoms with Crippen LogP contribution in [0.1, 0.15) is 30.0 Å². The number of carbonyl (C=O) groups excluding carboxylic acids is 1. The predicted octanol–water partition coefficient (Wildman–Crippen LogP) is 4.30. The minimum Gasteiger partial charge on any atom is -0.486 e. The fraction of sp³-hybridized carbons (Fsp3) is 0.360. The molecule has 1 atom stereocenters. The van der Waals surface area contributed by atoms with Crippen molar-refractivity contribution in [3.05, 3.63) is 64.8 Å². The average molecular weight is 510 g/mol.